The van der Waals surface area contributed by atoms with E-state index in [2.05, 4.69) is 15.0 Å². The van der Waals surface area contributed by atoms with Crippen molar-refractivity contribution in [1.29, 1.82) is 0 Å². The molecule has 2 N–H and O–H groups in total. The minimum absolute atomic E-state index is 0.136. The zero-order valence-electron chi connectivity index (χ0n) is 9.50. The van der Waals surface area contributed by atoms with Crippen molar-refractivity contribution in [2.45, 2.75) is 6.18 Å². The molecule has 0 aliphatic rings. The van der Waals surface area contributed by atoms with Crippen LogP contribution in [0.25, 0.3) is 0 Å². The largest absolute Gasteiger partial charge is 0.478 e. The monoisotopic (exact) mass is 282 g/mol. The fourth-order valence-electron chi connectivity index (χ4n) is 1.16. The van der Waals surface area contributed by atoms with E-state index in [0.29, 0.717) is 0 Å². The van der Waals surface area contributed by atoms with Crippen LogP contribution >= 0.6 is 0 Å². The lowest BCUT2D eigenvalue weighted by Crippen LogP contribution is -2.20. The number of nitrogens with one attached hydrogen (secondary N) is 1. The maximum Gasteiger partial charge on any atom is 0.411 e. The Labute approximate surface area is 105 Å². The molecule has 0 saturated heterocycles. The van der Waals surface area contributed by atoms with Gasteiger partial charge in [0.05, 0.1) is 6.61 Å². The maximum atomic E-state index is 13.5. The lowest BCUT2D eigenvalue weighted by Gasteiger charge is -2.09. The zero-order chi connectivity index (χ0) is 14.5. The van der Waals surface area contributed by atoms with E-state index >= 15 is 0 Å². The van der Waals surface area contributed by atoms with Crippen LogP contribution in [0.2, 0.25) is 0 Å². The summed E-state index contributed by atoms with van der Waals surface area (Å²) in [4.78, 5) is 14.2. The van der Waals surface area contributed by atoms with E-state index in [4.69, 9.17) is 5.11 Å². The first kappa shape index (κ1) is 15.2. The number of ether oxygens (including phenoxy) is 1. The first-order valence-electron chi connectivity index (χ1n) is 5.07. The van der Waals surface area contributed by atoms with Crippen molar-refractivity contribution in [3.8, 4) is 0 Å². The molecule has 0 atom stereocenters. The molecule has 0 bridgehead atoms. The van der Waals surface area contributed by atoms with Gasteiger partial charge in [0.2, 0.25) is 0 Å². The summed E-state index contributed by atoms with van der Waals surface area (Å²) in [5.41, 5.74) is -0.575. The van der Waals surface area contributed by atoms with Crippen molar-refractivity contribution in [1.82, 2.24) is 4.98 Å². The summed E-state index contributed by atoms with van der Waals surface area (Å²) >= 11 is 0. The van der Waals surface area contributed by atoms with Crippen LogP contribution in [0.4, 0.5) is 23.4 Å². The average molecular weight is 282 g/mol. The van der Waals surface area contributed by atoms with Gasteiger partial charge in [-0.15, -0.1) is 0 Å². The fraction of sp³-hybridized carbons (Fsp3) is 0.400. The molecule has 0 aromatic carbocycles. The molecule has 0 fully saturated rings. The highest BCUT2D eigenvalue weighted by Gasteiger charge is 2.27. The molecule has 9 heteroatoms. The molecule has 1 rings (SSSR count). The van der Waals surface area contributed by atoms with E-state index < -0.39 is 30.1 Å². The van der Waals surface area contributed by atoms with E-state index in [9.17, 15) is 22.4 Å². The summed E-state index contributed by atoms with van der Waals surface area (Å²) in [5.74, 6) is -2.89. The fourth-order valence-corrected chi connectivity index (χ4v) is 1.16. The number of hydrogen-bond donors (Lipinski definition) is 2. The molecule has 5 nitrogen and oxygen atoms in total. The third-order valence-corrected chi connectivity index (χ3v) is 1.92. The Hall–Kier alpha value is -1.90. The van der Waals surface area contributed by atoms with Gasteiger partial charge in [-0.1, -0.05) is 0 Å². The van der Waals surface area contributed by atoms with Crippen LogP contribution in [0.3, 0.4) is 0 Å². The summed E-state index contributed by atoms with van der Waals surface area (Å²) < 4.78 is 53.0. The van der Waals surface area contributed by atoms with Crippen LogP contribution in [-0.4, -0.2) is 42.0 Å². The molecule has 0 saturated carbocycles. The van der Waals surface area contributed by atoms with Crippen LogP contribution < -0.4 is 5.32 Å². The lowest BCUT2D eigenvalue weighted by atomic mass is 10.2. The Balaban J connectivity index is 2.46. The second kappa shape index (κ2) is 6.32. The van der Waals surface area contributed by atoms with Crippen molar-refractivity contribution in [2.24, 2.45) is 0 Å². The molecule has 0 amide bonds. The normalized spacial score (nSPS) is 11.4. The van der Waals surface area contributed by atoms with E-state index in [0.717, 1.165) is 12.3 Å². The Morgan fingerprint density at radius 1 is 1.47 bits per heavy atom. The van der Waals surface area contributed by atoms with E-state index in [1.807, 2.05) is 0 Å². The highest BCUT2D eigenvalue weighted by atomic mass is 19.4. The van der Waals surface area contributed by atoms with Crippen molar-refractivity contribution in [3.05, 3.63) is 23.6 Å². The van der Waals surface area contributed by atoms with Gasteiger partial charge in [0.15, 0.2) is 11.6 Å². The van der Waals surface area contributed by atoms with Crippen LogP contribution in [0.1, 0.15) is 10.4 Å². The minimum Gasteiger partial charge on any atom is -0.478 e. The van der Waals surface area contributed by atoms with Gasteiger partial charge < -0.3 is 15.2 Å². The molecule has 106 valence electrons. The summed E-state index contributed by atoms with van der Waals surface area (Å²) in [5, 5.41) is 11.0. The number of hydrogen-bond acceptors (Lipinski definition) is 4. The number of aromatic nitrogens is 1. The first-order chi connectivity index (χ1) is 8.81. The number of alkyl halides is 3. The Morgan fingerprint density at radius 2 is 2.16 bits per heavy atom. The molecule has 0 spiro atoms. The molecule has 0 unspecified atom stereocenters. The Morgan fingerprint density at radius 3 is 2.74 bits per heavy atom. The second-order valence-electron chi connectivity index (χ2n) is 3.42. The van der Waals surface area contributed by atoms with Gasteiger partial charge in [-0.25, -0.2) is 14.2 Å². The third-order valence-electron chi connectivity index (χ3n) is 1.92. The number of carboxylic acid groups (broad SMARTS) is 1. The molecule has 0 aliphatic heterocycles. The van der Waals surface area contributed by atoms with Gasteiger partial charge >= 0.3 is 12.1 Å². The quantitative estimate of drug-likeness (QED) is 0.616. The van der Waals surface area contributed by atoms with E-state index in [-0.39, 0.29) is 19.0 Å². The smallest absolute Gasteiger partial charge is 0.411 e. The predicted molar refractivity (Wildman–Crippen MR) is 56.5 cm³/mol. The third kappa shape index (κ3) is 5.08. The zero-order valence-corrected chi connectivity index (χ0v) is 9.50. The first-order valence-corrected chi connectivity index (χ1v) is 5.07. The van der Waals surface area contributed by atoms with Gasteiger partial charge in [-0.2, -0.15) is 13.2 Å². The molecule has 0 aliphatic carbocycles. The molecule has 1 heterocycles. The molecular weight excluding hydrogens is 272 g/mol. The van der Waals surface area contributed by atoms with Crippen molar-refractivity contribution < 1.29 is 32.2 Å². The number of rotatable bonds is 6. The van der Waals surface area contributed by atoms with Crippen molar-refractivity contribution in [2.75, 3.05) is 25.1 Å². The number of carbonyl (C=O) groups is 1. The van der Waals surface area contributed by atoms with Crippen LogP contribution in [0.5, 0.6) is 0 Å². The number of halogens is 4. The number of nitrogens with zero attached hydrogens (tertiary/aromatic N) is 1. The van der Waals surface area contributed by atoms with Crippen molar-refractivity contribution in [3.63, 3.8) is 0 Å². The molecule has 1 aromatic heterocycles. The maximum absolute atomic E-state index is 13.5. The highest BCUT2D eigenvalue weighted by molar-refractivity contribution is 5.88. The van der Waals surface area contributed by atoms with E-state index in [1.165, 1.54) is 0 Å². The van der Waals surface area contributed by atoms with Crippen LogP contribution in [0.15, 0.2) is 12.3 Å². The lowest BCUT2D eigenvalue weighted by molar-refractivity contribution is -0.172. The Bertz CT molecular complexity index is 451. The molecule has 19 heavy (non-hydrogen) atoms. The van der Waals surface area contributed by atoms with Crippen LogP contribution in [-0.2, 0) is 4.74 Å². The number of pyridine rings is 1. The highest BCUT2D eigenvalue weighted by Crippen LogP contribution is 2.15. The summed E-state index contributed by atoms with van der Waals surface area (Å²) in [6.45, 7) is -1.86. The van der Waals surface area contributed by atoms with Crippen molar-refractivity contribution >= 4 is 11.8 Å². The second-order valence-corrected chi connectivity index (χ2v) is 3.42. The molecule has 1 aromatic rings. The van der Waals surface area contributed by atoms with E-state index in [1.54, 1.807) is 0 Å². The minimum atomic E-state index is -4.42. The van der Waals surface area contributed by atoms with Gasteiger partial charge in [0.1, 0.15) is 12.2 Å². The van der Waals surface area contributed by atoms with Gasteiger partial charge in [0.25, 0.3) is 0 Å². The summed E-state index contributed by atoms with van der Waals surface area (Å²) in [6, 6.07) is 0.975. The summed E-state index contributed by atoms with van der Waals surface area (Å²) in [6.07, 6.45) is -3.35. The average Bonchev–Trinajstić information content (AvgIpc) is 2.28. The molecular formula is C10H10F4N2O3. The Kier molecular flexibility index (Phi) is 5.04. The predicted octanol–water partition coefficient (Wildman–Crippen LogP) is 1.91. The van der Waals surface area contributed by atoms with Gasteiger partial charge in [0, 0.05) is 12.7 Å². The summed E-state index contributed by atoms with van der Waals surface area (Å²) in [7, 11) is 0. The number of carboxylic acids is 1. The van der Waals surface area contributed by atoms with Gasteiger partial charge in [-0.3, -0.25) is 0 Å². The SMILES string of the molecule is O=C(O)c1ccnc(NCCOCC(F)(F)F)c1F. The van der Waals surface area contributed by atoms with Crippen LogP contribution in [0, 0.1) is 5.82 Å². The number of anilines is 1. The van der Waals surface area contributed by atoms with Gasteiger partial charge in [-0.05, 0) is 6.07 Å². The topological polar surface area (TPSA) is 71.5 Å². The molecule has 0 radical (unpaired) electrons. The number of aromatic carboxylic acids is 1. The standard InChI is InChI=1S/C10H10F4N2O3/c11-7-6(9(17)18)1-2-15-8(7)16-3-4-19-5-10(12,13)14/h1-2H,3-5H2,(H,15,16)(H,17,18).